The molecule has 0 aliphatic heterocycles. The fourth-order valence-electron chi connectivity index (χ4n) is 2.83. The van der Waals surface area contributed by atoms with Crippen LogP contribution in [0, 0.1) is 6.92 Å². The summed E-state index contributed by atoms with van der Waals surface area (Å²) in [5.74, 6) is 0.650. The first kappa shape index (κ1) is 24.4. The second-order valence-electron chi connectivity index (χ2n) is 6.40. The van der Waals surface area contributed by atoms with Gasteiger partial charge in [-0.2, -0.15) is 9.78 Å². The van der Waals surface area contributed by atoms with Crippen LogP contribution in [0.5, 0.6) is 11.5 Å². The van der Waals surface area contributed by atoms with Crippen molar-refractivity contribution in [3.63, 3.8) is 0 Å². The number of carbonyl (C=O) groups excluding carboxylic acids is 1. The van der Waals surface area contributed by atoms with Crippen molar-refractivity contribution in [3.8, 4) is 11.5 Å². The number of hydrogen-bond acceptors (Lipinski definition) is 7. The summed E-state index contributed by atoms with van der Waals surface area (Å²) in [6.07, 6.45) is 1.51. The maximum Gasteiger partial charge on any atom is 0.344 e. The standard InChI is InChI=1S/C21H18Br3N3O5/c1-4-31-17(28)10-32-20-16(30-3)7-12(18(23)19(20)24)9-25-27-11(2)26-15-6-5-13(22)8-14(15)21(27)29/h5-9H,4,10H2,1-3H3. The highest BCUT2D eigenvalue weighted by atomic mass is 79.9. The summed E-state index contributed by atoms with van der Waals surface area (Å²) >= 11 is 10.3. The van der Waals surface area contributed by atoms with Crippen LogP contribution in [0.1, 0.15) is 18.3 Å². The van der Waals surface area contributed by atoms with Crippen molar-refractivity contribution in [3.05, 3.63) is 59.4 Å². The average Bonchev–Trinajstić information content (AvgIpc) is 2.76. The topological polar surface area (TPSA) is 92.0 Å². The number of halogens is 3. The number of aryl methyl sites for hydroxylation is 1. The number of methoxy groups -OCH3 is 1. The Morgan fingerprint density at radius 2 is 1.97 bits per heavy atom. The number of aromatic nitrogens is 2. The molecule has 0 atom stereocenters. The van der Waals surface area contributed by atoms with E-state index in [0.717, 1.165) is 4.47 Å². The molecule has 2 aromatic carbocycles. The molecule has 0 amide bonds. The van der Waals surface area contributed by atoms with E-state index in [9.17, 15) is 9.59 Å². The number of benzene rings is 2. The molecule has 0 aliphatic carbocycles. The summed E-state index contributed by atoms with van der Waals surface area (Å²) in [7, 11) is 1.48. The lowest BCUT2D eigenvalue weighted by atomic mass is 10.2. The molecule has 1 heterocycles. The zero-order chi connectivity index (χ0) is 23.4. The van der Waals surface area contributed by atoms with Crippen LogP contribution >= 0.6 is 47.8 Å². The zero-order valence-electron chi connectivity index (χ0n) is 17.3. The molecule has 0 fully saturated rings. The lowest BCUT2D eigenvalue weighted by Crippen LogP contribution is -2.20. The van der Waals surface area contributed by atoms with E-state index in [2.05, 4.69) is 57.9 Å². The highest BCUT2D eigenvalue weighted by Gasteiger charge is 2.18. The Bertz CT molecular complexity index is 1270. The Morgan fingerprint density at radius 1 is 1.22 bits per heavy atom. The van der Waals surface area contributed by atoms with Crippen molar-refractivity contribution in [1.29, 1.82) is 0 Å². The lowest BCUT2D eigenvalue weighted by molar-refractivity contribution is -0.145. The fourth-order valence-corrected chi connectivity index (χ4v) is 4.13. The van der Waals surface area contributed by atoms with E-state index < -0.39 is 5.97 Å². The van der Waals surface area contributed by atoms with Crippen molar-refractivity contribution >= 4 is 70.9 Å². The summed E-state index contributed by atoms with van der Waals surface area (Å²) < 4.78 is 19.0. The van der Waals surface area contributed by atoms with Crippen molar-refractivity contribution in [2.45, 2.75) is 13.8 Å². The smallest absolute Gasteiger partial charge is 0.344 e. The zero-order valence-corrected chi connectivity index (χ0v) is 22.1. The van der Waals surface area contributed by atoms with Gasteiger partial charge in [0.15, 0.2) is 18.1 Å². The highest BCUT2D eigenvalue weighted by molar-refractivity contribution is 9.13. The van der Waals surface area contributed by atoms with Crippen LogP contribution in [0.2, 0.25) is 0 Å². The van der Waals surface area contributed by atoms with Crippen LogP contribution in [0.25, 0.3) is 10.9 Å². The van der Waals surface area contributed by atoms with E-state index >= 15 is 0 Å². The Morgan fingerprint density at radius 3 is 2.66 bits per heavy atom. The van der Waals surface area contributed by atoms with E-state index in [-0.39, 0.29) is 18.8 Å². The molecule has 0 saturated carbocycles. The van der Waals surface area contributed by atoms with Gasteiger partial charge in [-0.15, -0.1) is 0 Å². The number of nitrogens with zero attached hydrogens (tertiary/aromatic N) is 3. The maximum absolute atomic E-state index is 12.9. The van der Waals surface area contributed by atoms with Gasteiger partial charge in [0.1, 0.15) is 5.82 Å². The predicted molar refractivity (Wildman–Crippen MR) is 132 cm³/mol. The number of carbonyl (C=O) groups is 1. The number of rotatable bonds is 7. The third-order valence-corrected chi connectivity index (χ3v) is 6.93. The van der Waals surface area contributed by atoms with Gasteiger partial charge in [0.25, 0.3) is 5.56 Å². The van der Waals surface area contributed by atoms with Crippen LogP contribution in [-0.2, 0) is 9.53 Å². The van der Waals surface area contributed by atoms with Gasteiger partial charge in [-0.05, 0) is 70.0 Å². The maximum atomic E-state index is 12.9. The number of esters is 1. The normalized spacial score (nSPS) is 11.2. The molecular weight excluding hydrogens is 614 g/mol. The van der Waals surface area contributed by atoms with Crippen LogP contribution in [-0.4, -0.2) is 42.2 Å². The molecule has 1 aromatic heterocycles. The van der Waals surface area contributed by atoms with E-state index in [0.29, 0.717) is 42.7 Å². The van der Waals surface area contributed by atoms with E-state index in [4.69, 9.17) is 14.2 Å². The van der Waals surface area contributed by atoms with Gasteiger partial charge < -0.3 is 14.2 Å². The molecule has 3 rings (SSSR count). The Kier molecular flexibility index (Phi) is 8.07. The molecule has 0 bridgehead atoms. The van der Waals surface area contributed by atoms with Crippen LogP contribution in [0.15, 0.2) is 47.6 Å². The second-order valence-corrected chi connectivity index (χ2v) is 8.90. The predicted octanol–water partition coefficient (Wildman–Crippen LogP) is 4.83. The summed E-state index contributed by atoms with van der Waals surface area (Å²) in [6, 6.07) is 6.98. The molecule has 0 aliphatic rings. The van der Waals surface area contributed by atoms with Gasteiger partial charge in [-0.25, -0.2) is 9.78 Å². The van der Waals surface area contributed by atoms with E-state index in [1.54, 1.807) is 32.0 Å². The largest absolute Gasteiger partial charge is 0.493 e. The summed E-state index contributed by atoms with van der Waals surface area (Å²) in [5.41, 5.74) is 0.912. The summed E-state index contributed by atoms with van der Waals surface area (Å²) in [6.45, 7) is 3.42. The van der Waals surface area contributed by atoms with Crippen molar-refractivity contribution in [1.82, 2.24) is 9.66 Å². The van der Waals surface area contributed by atoms with Crippen molar-refractivity contribution in [2.75, 3.05) is 20.3 Å². The lowest BCUT2D eigenvalue weighted by Gasteiger charge is -2.15. The quantitative estimate of drug-likeness (QED) is 0.274. The van der Waals surface area contributed by atoms with Gasteiger partial charge in [0.05, 0.1) is 35.3 Å². The minimum atomic E-state index is -0.492. The second kappa shape index (κ2) is 10.6. The Labute approximate surface area is 209 Å². The van der Waals surface area contributed by atoms with Gasteiger partial charge in [-0.1, -0.05) is 15.9 Å². The van der Waals surface area contributed by atoms with E-state index in [1.807, 2.05) is 6.07 Å². The van der Waals surface area contributed by atoms with Gasteiger partial charge >= 0.3 is 5.97 Å². The first-order valence-corrected chi connectivity index (χ1v) is 11.7. The monoisotopic (exact) mass is 629 g/mol. The minimum absolute atomic E-state index is 0.263. The van der Waals surface area contributed by atoms with Gasteiger partial charge in [0.2, 0.25) is 0 Å². The average molecular weight is 632 g/mol. The number of hydrogen-bond donors (Lipinski definition) is 0. The van der Waals surface area contributed by atoms with Crippen molar-refractivity contribution in [2.24, 2.45) is 5.10 Å². The molecular formula is C21H18Br3N3O5. The Hall–Kier alpha value is -2.24. The fraction of sp³-hybridized carbons (Fsp3) is 0.238. The van der Waals surface area contributed by atoms with Gasteiger partial charge in [0, 0.05) is 14.5 Å². The first-order valence-electron chi connectivity index (χ1n) is 9.34. The molecule has 11 heteroatoms. The first-order chi connectivity index (χ1) is 15.3. The number of ether oxygens (including phenoxy) is 3. The van der Waals surface area contributed by atoms with Crippen LogP contribution in [0.3, 0.4) is 0 Å². The number of fused-ring (bicyclic) bond motifs is 1. The molecule has 0 unspecified atom stereocenters. The third kappa shape index (κ3) is 5.21. The molecule has 0 radical (unpaired) electrons. The SMILES string of the molecule is CCOC(=O)COc1c(OC)cc(C=Nn2c(C)nc3ccc(Br)cc3c2=O)c(Br)c1Br. The molecule has 8 nitrogen and oxygen atoms in total. The van der Waals surface area contributed by atoms with Crippen LogP contribution < -0.4 is 15.0 Å². The molecule has 168 valence electrons. The highest BCUT2D eigenvalue weighted by Crippen LogP contribution is 2.42. The minimum Gasteiger partial charge on any atom is -0.493 e. The Balaban J connectivity index is 2.00. The van der Waals surface area contributed by atoms with Gasteiger partial charge in [-0.3, -0.25) is 4.79 Å². The molecule has 0 saturated heterocycles. The molecule has 0 N–H and O–H groups in total. The van der Waals surface area contributed by atoms with Crippen molar-refractivity contribution < 1.29 is 19.0 Å². The summed E-state index contributed by atoms with van der Waals surface area (Å²) in [4.78, 5) is 29.0. The summed E-state index contributed by atoms with van der Waals surface area (Å²) in [5, 5.41) is 4.79. The third-order valence-electron chi connectivity index (χ3n) is 4.30. The molecule has 32 heavy (non-hydrogen) atoms. The van der Waals surface area contributed by atoms with E-state index in [1.165, 1.54) is 18.0 Å². The van der Waals surface area contributed by atoms with Crippen LogP contribution in [0.4, 0.5) is 0 Å². The molecule has 0 spiro atoms. The molecule has 3 aromatic rings.